The van der Waals surface area contributed by atoms with Gasteiger partial charge in [-0.15, -0.1) is 0 Å². The Labute approximate surface area is 122 Å². The van der Waals surface area contributed by atoms with Gasteiger partial charge in [0.25, 0.3) is 0 Å². The van der Waals surface area contributed by atoms with Gasteiger partial charge in [0.05, 0.1) is 13.2 Å². The van der Waals surface area contributed by atoms with Gasteiger partial charge in [-0.05, 0) is 47.9 Å². The van der Waals surface area contributed by atoms with Crippen molar-refractivity contribution in [3.05, 3.63) is 70.3 Å². The monoisotopic (exact) mass is 289 g/mol. The van der Waals surface area contributed by atoms with Crippen LogP contribution in [-0.2, 0) is 24.4 Å². The van der Waals surface area contributed by atoms with Gasteiger partial charge in [0.1, 0.15) is 11.6 Å². The van der Waals surface area contributed by atoms with E-state index >= 15 is 0 Å². The Morgan fingerprint density at radius 1 is 1.05 bits per heavy atom. The molecule has 2 aromatic rings. The Kier molecular flexibility index (Phi) is 3.99. The largest absolute Gasteiger partial charge is 0.372 e. The van der Waals surface area contributed by atoms with Gasteiger partial charge < -0.3 is 10.1 Å². The van der Waals surface area contributed by atoms with E-state index in [1.54, 1.807) is 0 Å². The first-order valence-corrected chi connectivity index (χ1v) is 6.97. The zero-order valence-electron chi connectivity index (χ0n) is 11.8. The summed E-state index contributed by atoms with van der Waals surface area (Å²) in [6.07, 6.45) is 0.533. The average Bonchev–Trinajstić information content (AvgIpc) is 2.91. The van der Waals surface area contributed by atoms with E-state index in [1.807, 2.05) is 13.1 Å². The van der Waals surface area contributed by atoms with Crippen LogP contribution in [0.4, 0.5) is 8.78 Å². The van der Waals surface area contributed by atoms with Crippen LogP contribution in [-0.4, -0.2) is 7.05 Å². The Morgan fingerprint density at radius 3 is 2.48 bits per heavy atom. The fourth-order valence-electron chi connectivity index (χ4n) is 2.76. The van der Waals surface area contributed by atoms with Gasteiger partial charge in [-0.25, -0.2) is 8.78 Å². The third-order valence-electron chi connectivity index (χ3n) is 3.86. The molecule has 2 aromatic carbocycles. The molecule has 0 saturated carbocycles. The van der Waals surface area contributed by atoms with Crippen molar-refractivity contribution in [3.8, 4) is 0 Å². The van der Waals surface area contributed by atoms with Crippen molar-refractivity contribution in [2.24, 2.45) is 0 Å². The van der Waals surface area contributed by atoms with Crippen molar-refractivity contribution in [2.45, 2.75) is 25.7 Å². The number of nitrogens with one attached hydrogen (secondary N) is 1. The molecule has 0 amide bonds. The van der Waals surface area contributed by atoms with Crippen LogP contribution in [0.25, 0.3) is 0 Å². The van der Waals surface area contributed by atoms with Gasteiger partial charge in [0.2, 0.25) is 0 Å². The third kappa shape index (κ3) is 3.12. The highest BCUT2D eigenvalue weighted by Gasteiger charge is 2.16. The van der Waals surface area contributed by atoms with Crippen molar-refractivity contribution < 1.29 is 13.5 Å². The highest BCUT2D eigenvalue weighted by atomic mass is 19.1. The molecule has 2 nitrogen and oxygen atoms in total. The molecule has 0 aliphatic carbocycles. The summed E-state index contributed by atoms with van der Waals surface area (Å²) in [5.41, 5.74) is 4.15. The second-order valence-electron chi connectivity index (χ2n) is 5.34. The zero-order chi connectivity index (χ0) is 14.8. The Hall–Kier alpha value is -1.78. The minimum absolute atomic E-state index is 0.0112. The number of likely N-dealkylation sites (N-methyl/N-ethyl adjacent to an activating group) is 1. The predicted molar refractivity (Wildman–Crippen MR) is 76.8 cm³/mol. The van der Waals surface area contributed by atoms with E-state index in [2.05, 4.69) is 17.4 Å². The Balaban J connectivity index is 1.84. The first-order valence-electron chi connectivity index (χ1n) is 6.97. The number of ether oxygens (including phenoxy) is 1. The lowest BCUT2D eigenvalue weighted by Crippen LogP contribution is -2.19. The van der Waals surface area contributed by atoms with Crippen LogP contribution in [0.15, 0.2) is 36.4 Å². The quantitative estimate of drug-likeness (QED) is 0.930. The summed E-state index contributed by atoms with van der Waals surface area (Å²) in [5.74, 6) is -1.08. The number of hydrogen-bond donors (Lipinski definition) is 1. The van der Waals surface area contributed by atoms with E-state index in [1.165, 1.54) is 23.3 Å². The zero-order valence-corrected chi connectivity index (χ0v) is 11.8. The molecular weight excluding hydrogens is 272 g/mol. The molecule has 0 bridgehead atoms. The highest BCUT2D eigenvalue weighted by molar-refractivity contribution is 5.35. The van der Waals surface area contributed by atoms with Gasteiger partial charge in [-0.2, -0.15) is 0 Å². The maximum absolute atomic E-state index is 13.3. The van der Waals surface area contributed by atoms with Gasteiger partial charge in [-0.1, -0.05) is 18.2 Å². The van der Waals surface area contributed by atoms with E-state index < -0.39 is 11.6 Å². The summed E-state index contributed by atoms with van der Waals surface area (Å²) in [4.78, 5) is 0. The van der Waals surface area contributed by atoms with E-state index in [-0.39, 0.29) is 6.04 Å². The highest BCUT2D eigenvalue weighted by Crippen LogP contribution is 2.26. The molecular formula is C17H17F2NO. The summed E-state index contributed by atoms with van der Waals surface area (Å²) < 4.78 is 32.0. The van der Waals surface area contributed by atoms with Crippen LogP contribution >= 0.6 is 0 Å². The van der Waals surface area contributed by atoms with Crippen molar-refractivity contribution >= 4 is 0 Å². The summed E-state index contributed by atoms with van der Waals surface area (Å²) in [6, 6.07) is 9.88. The number of halogens is 2. The van der Waals surface area contributed by atoms with Crippen molar-refractivity contribution in [1.82, 2.24) is 5.32 Å². The Bertz CT molecular complexity index is 637. The molecule has 1 aliphatic rings. The summed E-state index contributed by atoms with van der Waals surface area (Å²) in [5, 5.41) is 3.21. The van der Waals surface area contributed by atoms with E-state index in [0.29, 0.717) is 25.2 Å². The minimum atomic E-state index is -0.540. The van der Waals surface area contributed by atoms with Crippen LogP contribution < -0.4 is 5.32 Å². The van der Waals surface area contributed by atoms with E-state index in [0.717, 1.165) is 11.6 Å². The van der Waals surface area contributed by atoms with Gasteiger partial charge >= 0.3 is 0 Å². The molecule has 1 aliphatic heterocycles. The predicted octanol–water partition coefficient (Wildman–Crippen LogP) is 3.50. The number of hydrogen-bond acceptors (Lipinski definition) is 2. The summed E-state index contributed by atoms with van der Waals surface area (Å²) >= 11 is 0. The van der Waals surface area contributed by atoms with Crippen LogP contribution in [0.3, 0.4) is 0 Å². The summed E-state index contributed by atoms with van der Waals surface area (Å²) in [6.45, 7) is 1.29. The topological polar surface area (TPSA) is 21.3 Å². The van der Waals surface area contributed by atoms with Gasteiger partial charge in [0.15, 0.2) is 0 Å². The van der Waals surface area contributed by atoms with Crippen molar-refractivity contribution in [1.29, 1.82) is 0 Å². The fraction of sp³-hybridized carbons (Fsp3) is 0.294. The molecule has 1 heterocycles. The molecule has 0 radical (unpaired) electrons. The van der Waals surface area contributed by atoms with Crippen LogP contribution in [0, 0.1) is 11.6 Å². The number of rotatable bonds is 4. The molecule has 4 heteroatoms. The normalized spacial score (nSPS) is 15.0. The fourth-order valence-corrected chi connectivity index (χ4v) is 2.76. The average molecular weight is 289 g/mol. The first kappa shape index (κ1) is 14.2. The van der Waals surface area contributed by atoms with Crippen LogP contribution in [0.2, 0.25) is 0 Å². The number of benzene rings is 2. The van der Waals surface area contributed by atoms with Crippen molar-refractivity contribution in [3.63, 3.8) is 0 Å². The van der Waals surface area contributed by atoms with Crippen molar-refractivity contribution in [2.75, 3.05) is 7.05 Å². The molecule has 0 saturated heterocycles. The lowest BCUT2D eigenvalue weighted by Gasteiger charge is -2.18. The molecule has 21 heavy (non-hydrogen) atoms. The number of fused-ring (bicyclic) bond motifs is 1. The maximum Gasteiger partial charge on any atom is 0.126 e. The van der Waals surface area contributed by atoms with Crippen LogP contribution in [0.1, 0.15) is 28.3 Å². The first-order chi connectivity index (χ1) is 10.2. The lowest BCUT2D eigenvalue weighted by atomic mass is 9.96. The molecule has 3 rings (SSSR count). The smallest absolute Gasteiger partial charge is 0.126 e. The van der Waals surface area contributed by atoms with Gasteiger partial charge in [0, 0.05) is 12.1 Å². The van der Waals surface area contributed by atoms with E-state index in [9.17, 15) is 8.78 Å². The maximum atomic E-state index is 13.3. The molecule has 1 unspecified atom stereocenters. The molecule has 0 spiro atoms. The molecule has 1 atom stereocenters. The van der Waals surface area contributed by atoms with Gasteiger partial charge in [-0.3, -0.25) is 0 Å². The second-order valence-corrected chi connectivity index (χ2v) is 5.34. The minimum Gasteiger partial charge on any atom is -0.372 e. The second kappa shape index (κ2) is 5.92. The summed E-state index contributed by atoms with van der Waals surface area (Å²) in [7, 11) is 1.85. The molecule has 1 N–H and O–H groups in total. The molecule has 110 valence electrons. The van der Waals surface area contributed by atoms with Crippen LogP contribution in [0.5, 0.6) is 0 Å². The molecule has 0 aromatic heterocycles. The molecule has 0 fully saturated rings. The SMILES string of the molecule is CNC(Cc1cc(F)cc(F)c1)c1ccc2c(c1)COC2. The third-order valence-corrected chi connectivity index (χ3v) is 3.86. The standard InChI is InChI=1S/C17H17F2NO/c1-20-17(6-11-4-15(18)8-16(19)5-11)12-2-3-13-9-21-10-14(13)7-12/h2-5,7-8,17,20H,6,9-10H2,1H3. The lowest BCUT2D eigenvalue weighted by molar-refractivity contribution is 0.134. The Morgan fingerprint density at radius 2 is 1.76 bits per heavy atom. The van der Waals surface area contributed by atoms with E-state index in [4.69, 9.17) is 4.74 Å².